The molecular weight excluding hydrogens is 326 g/mol. The minimum absolute atomic E-state index is 0.0512. The van der Waals surface area contributed by atoms with Crippen LogP contribution in [0.2, 0.25) is 0 Å². The van der Waals surface area contributed by atoms with E-state index < -0.39 is 0 Å². The van der Waals surface area contributed by atoms with Crippen LogP contribution in [0.5, 0.6) is 0 Å². The third-order valence-electron chi connectivity index (χ3n) is 5.58. The van der Waals surface area contributed by atoms with Gasteiger partial charge in [0.2, 0.25) is 11.8 Å². The number of nitrogens with zero attached hydrogens (tertiary/aromatic N) is 3. The van der Waals surface area contributed by atoms with E-state index in [0.717, 1.165) is 18.4 Å². The van der Waals surface area contributed by atoms with Crippen LogP contribution in [-0.4, -0.2) is 46.2 Å². The Labute approximate surface area is 153 Å². The van der Waals surface area contributed by atoms with Gasteiger partial charge in [-0.1, -0.05) is 30.3 Å². The molecule has 1 saturated heterocycles. The molecule has 26 heavy (non-hydrogen) atoms. The Balaban J connectivity index is 1.39. The third kappa shape index (κ3) is 3.21. The molecule has 0 saturated carbocycles. The number of fused-ring (bicyclic) bond motifs is 1. The molecule has 2 heterocycles. The number of carbonyl (C=O) groups excluding carboxylic acids is 2. The Morgan fingerprint density at radius 3 is 2.54 bits per heavy atom. The summed E-state index contributed by atoms with van der Waals surface area (Å²) in [6.07, 6.45) is 5.60. The molecule has 0 radical (unpaired) electrons. The maximum atomic E-state index is 13.0. The molecule has 0 spiro atoms. The molecule has 1 atom stereocenters. The molecule has 2 amide bonds. The highest BCUT2D eigenvalue weighted by molar-refractivity contribution is 5.89. The van der Waals surface area contributed by atoms with Crippen LogP contribution in [0.15, 0.2) is 48.8 Å². The van der Waals surface area contributed by atoms with Crippen LogP contribution in [0.3, 0.4) is 0 Å². The van der Waals surface area contributed by atoms with Gasteiger partial charge in [-0.15, -0.1) is 0 Å². The van der Waals surface area contributed by atoms with Crippen LogP contribution in [0.4, 0.5) is 0 Å². The lowest BCUT2D eigenvalue weighted by Crippen LogP contribution is -2.42. The first-order chi connectivity index (χ1) is 12.6. The predicted molar refractivity (Wildman–Crippen MR) is 98.2 cm³/mol. The smallest absolute Gasteiger partial charge is 0.228 e. The molecule has 0 N–H and O–H groups in total. The molecule has 1 aliphatic carbocycles. The van der Waals surface area contributed by atoms with Gasteiger partial charge in [-0.05, 0) is 35.6 Å². The molecule has 2 aliphatic rings. The number of pyridine rings is 1. The fourth-order valence-electron chi connectivity index (χ4n) is 4.08. The number of amides is 2. The van der Waals surface area contributed by atoms with Gasteiger partial charge in [-0.2, -0.15) is 0 Å². The van der Waals surface area contributed by atoms with Crippen molar-refractivity contribution in [2.45, 2.75) is 31.8 Å². The zero-order chi connectivity index (χ0) is 18.1. The first-order valence-corrected chi connectivity index (χ1v) is 9.12. The highest BCUT2D eigenvalue weighted by Gasteiger charge is 2.38. The van der Waals surface area contributed by atoms with Crippen molar-refractivity contribution in [1.29, 1.82) is 0 Å². The van der Waals surface area contributed by atoms with E-state index in [1.165, 1.54) is 11.1 Å². The van der Waals surface area contributed by atoms with E-state index in [0.29, 0.717) is 19.5 Å². The number of likely N-dealkylation sites (N-methyl/N-ethyl adjacent to an activating group) is 1. The Bertz CT molecular complexity index is 796. The second-order valence-electron chi connectivity index (χ2n) is 7.32. The molecule has 1 aliphatic heterocycles. The summed E-state index contributed by atoms with van der Waals surface area (Å²) in [7, 11) is 1.88. The zero-order valence-electron chi connectivity index (χ0n) is 15.0. The van der Waals surface area contributed by atoms with Crippen LogP contribution in [-0.2, 0) is 29.0 Å². The average Bonchev–Trinajstić information content (AvgIpc) is 3.25. The fourth-order valence-corrected chi connectivity index (χ4v) is 4.08. The Hall–Kier alpha value is -2.69. The van der Waals surface area contributed by atoms with Gasteiger partial charge in [0.25, 0.3) is 0 Å². The first-order valence-electron chi connectivity index (χ1n) is 9.12. The van der Waals surface area contributed by atoms with Gasteiger partial charge in [0.15, 0.2) is 0 Å². The Kier molecular flexibility index (Phi) is 4.45. The maximum absolute atomic E-state index is 13.0. The number of aromatic nitrogens is 1. The Morgan fingerprint density at radius 2 is 1.88 bits per heavy atom. The van der Waals surface area contributed by atoms with Crippen molar-refractivity contribution in [3.05, 3.63) is 65.5 Å². The van der Waals surface area contributed by atoms with Gasteiger partial charge in [0.1, 0.15) is 0 Å². The van der Waals surface area contributed by atoms with Crippen LogP contribution >= 0.6 is 0 Å². The number of benzene rings is 1. The SMILES string of the molecule is CN(C(=O)C1CC(=O)N(Cc2cccnc2)C1)C1Cc2ccccc2C1. The Morgan fingerprint density at radius 1 is 1.15 bits per heavy atom. The van der Waals surface area contributed by atoms with E-state index in [2.05, 4.69) is 29.2 Å². The highest BCUT2D eigenvalue weighted by Crippen LogP contribution is 2.28. The van der Waals surface area contributed by atoms with Crippen LogP contribution in [0.1, 0.15) is 23.1 Å². The monoisotopic (exact) mass is 349 g/mol. The largest absolute Gasteiger partial charge is 0.342 e. The lowest BCUT2D eigenvalue weighted by Gasteiger charge is -2.27. The van der Waals surface area contributed by atoms with Gasteiger partial charge in [-0.3, -0.25) is 14.6 Å². The molecule has 1 unspecified atom stereocenters. The fraction of sp³-hybridized carbons (Fsp3) is 0.381. The van der Waals surface area contributed by atoms with E-state index in [1.54, 1.807) is 17.3 Å². The predicted octanol–water partition coefficient (Wildman–Crippen LogP) is 2.06. The summed E-state index contributed by atoms with van der Waals surface area (Å²) < 4.78 is 0. The van der Waals surface area contributed by atoms with E-state index >= 15 is 0 Å². The topological polar surface area (TPSA) is 53.5 Å². The van der Waals surface area contributed by atoms with Crippen molar-refractivity contribution in [1.82, 2.24) is 14.8 Å². The van der Waals surface area contributed by atoms with Crippen molar-refractivity contribution in [3.8, 4) is 0 Å². The molecule has 4 rings (SSSR count). The summed E-state index contributed by atoms with van der Waals surface area (Å²) in [6.45, 7) is 1.02. The zero-order valence-corrected chi connectivity index (χ0v) is 15.0. The van der Waals surface area contributed by atoms with Crippen LogP contribution in [0.25, 0.3) is 0 Å². The molecule has 2 aromatic rings. The lowest BCUT2D eigenvalue weighted by molar-refractivity contribution is -0.136. The minimum atomic E-state index is -0.243. The number of likely N-dealkylation sites (tertiary alicyclic amines) is 1. The molecule has 1 aromatic heterocycles. The summed E-state index contributed by atoms with van der Waals surface area (Å²) in [5, 5.41) is 0. The van der Waals surface area contributed by atoms with Gasteiger partial charge in [0.05, 0.1) is 5.92 Å². The second kappa shape index (κ2) is 6.90. The quantitative estimate of drug-likeness (QED) is 0.849. The standard InChI is InChI=1S/C21H23N3O2/c1-23(19-9-16-6-2-3-7-17(16)10-19)21(26)18-11-20(25)24(14-18)13-15-5-4-8-22-12-15/h2-8,12,18-19H,9-11,13-14H2,1H3. The summed E-state index contributed by atoms with van der Waals surface area (Å²) in [5.74, 6) is -0.104. The summed E-state index contributed by atoms with van der Waals surface area (Å²) in [4.78, 5) is 33.0. The van der Waals surface area contributed by atoms with Gasteiger partial charge in [-0.25, -0.2) is 0 Å². The van der Waals surface area contributed by atoms with Gasteiger partial charge in [0, 0.05) is 45.0 Å². The number of hydrogen-bond donors (Lipinski definition) is 0. The van der Waals surface area contributed by atoms with Crippen molar-refractivity contribution in [2.75, 3.05) is 13.6 Å². The normalized spacial score (nSPS) is 19.7. The molecule has 5 nitrogen and oxygen atoms in total. The minimum Gasteiger partial charge on any atom is -0.342 e. The van der Waals surface area contributed by atoms with E-state index in [4.69, 9.17) is 0 Å². The molecule has 134 valence electrons. The second-order valence-corrected chi connectivity index (χ2v) is 7.32. The first kappa shape index (κ1) is 16.8. The molecule has 1 fully saturated rings. The average molecular weight is 349 g/mol. The van der Waals surface area contributed by atoms with Crippen LogP contribution < -0.4 is 0 Å². The molecular formula is C21H23N3O2. The van der Waals surface area contributed by atoms with E-state index in [1.807, 2.05) is 24.1 Å². The maximum Gasteiger partial charge on any atom is 0.228 e. The highest BCUT2D eigenvalue weighted by atomic mass is 16.2. The third-order valence-corrected chi connectivity index (χ3v) is 5.58. The van der Waals surface area contributed by atoms with Crippen LogP contribution in [0, 0.1) is 5.92 Å². The molecule has 1 aromatic carbocycles. The number of rotatable bonds is 4. The number of hydrogen-bond acceptors (Lipinski definition) is 3. The summed E-state index contributed by atoms with van der Waals surface area (Å²) in [5.41, 5.74) is 3.66. The number of carbonyl (C=O) groups is 2. The van der Waals surface area contributed by atoms with Crippen molar-refractivity contribution >= 4 is 11.8 Å². The van der Waals surface area contributed by atoms with Gasteiger partial charge < -0.3 is 9.80 Å². The van der Waals surface area contributed by atoms with Gasteiger partial charge >= 0.3 is 0 Å². The van der Waals surface area contributed by atoms with Crippen molar-refractivity contribution < 1.29 is 9.59 Å². The van der Waals surface area contributed by atoms with E-state index in [9.17, 15) is 9.59 Å². The summed E-state index contributed by atoms with van der Waals surface area (Å²) in [6, 6.07) is 12.4. The lowest BCUT2D eigenvalue weighted by atomic mass is 10.1. The van der Waals surface area contributed by atoms with E-state index in [-0.39, 0.29) is 23.8 Å². The summed E-state index contributed by atoms with van der Waals surface area (Å²) >= 11 is 0. The molecule has 0 bridgehead atoms. The van der Waals surface area contributed by atoms with Crippen molar-refractivity contribution in [3.63, 3.8) is 0 Å². The van der Waals surface area contributed by atoms with Crippen molar-refractivity contribution in [2.24, 2.45) is 5.92 Å². The molecule has 5 heteroatoms.